The average molecular weight is 210 g/mol. The molecule has 1 aromatic carbocycles. The Kier molecular flexibility index (Phi) is 6.48. The molecule has 0 spiro atoms. The summed E-state index contributed by atoms with van der Waals surface area (Å²) >= 11 is 0. The minimum absolute atomic E-state index is 0. The van der Waals surface area contributed by atoms with Crippen LogP contribution in [0, 0.1) is 0 Å². The van der Waals surface area contributed by atoms with Gasteiger partial charge in [0.05, 0.1) is 0 Å². The Bertz CT molecular complexity index is 312. The van der Waals surface area contributed by atoms with E-state index in [4.69, 9.17) is 0 Å². The molecule has 0 aromatic heterocycles. The van der Waals surface area contributed by atoms with Gasteiger partial charge >= 0.3 is 18.9 Å². The van der Waals surface area contributed by atoms with Crippen LogP contribution in [-0.2, 0) is 0 Å². The van der Waals surface area contributed by atoms with Gasteiger partial charge in [0.1, 0.15) is 0 Å². The molecule has 0 aliphatic carbocycles. The molecule has 0 unspecified atom stereocenters. The van der Waals surface area contributed by atoms with Crippen LogP contribution in [0.5, 0.6) is 0 Å². The second-order valence-corrected chi connectivity index (χ2v) is 4.28. The van der Waals surface area contributed by atoms with Crippen LogP contribution in [0.3, 0.4) is 0 Å². The number of rotatable bonds is 3. The zero-order valence-electron chi connectivity index (χ0n) is 10.9. The minimum Gasteiger partial charge on any atom is -0.464 e. The summed E-state index contributed by atoms with van der Waals surface area (Å²) in [5.41, 5.74) is 0.875. The van der Waals surface area contributed by atoms with Crippen LogP contribution in [0.25, 0.3) is 5.41 Å². The number of nitrogens with zero attached hydrogens (tertiary/aromatic N) is 2. The Morgan fingerprint density at radius 1 is 1.00 bits per heavy atom. The molecule has 16 heavy (non-hydrogen) atoms. The van der Waals surface area contributed by atoms with Gasteiger partial charge in [0, 0.05) is 0 Å². The van der Waals surface area contributed by atoms with Gasteiger partial charge < -0.3 is 10.3 Å². The summed E-state index contributed by atoms with van der Waals surface area (Å²) in [4.78, 5) is 2.01. The fourth-order valence-corrected chi connectivity index (χ4v) is 1.82. The van der Waals surface area contributed by atoms with Crippen LogP contribution in [0.1, 0.15) is 33.3 Å². The molecule has 0 aliphatic heterocycles. The first kappa shape index (κ1) is 15.3. The maximum atomic E-state index is 10.2. The molecular weight excluding hydrogens is 191 g/mol. The van der Waals surface area contributed by atoms with Gasteiger partial charge in [-0.1, -0.05) is 63.9 Å². The van der Waals surface area contributed by atoms with Crippen LogP contribution in [-0.4, -0.2) is 22.8 Å². The van der Waals surface area contributed by atoms with E-state index >= 15 is 0 Å². The number of hydrogen-bond acceptors (Lipinski definition) is 0. The van der Waals surface area contributed by atoms with E-state index in [0.29, 0.717) is 17.9 Å². The second-order valence-electron chi connectivity index (χ2n) is 4.28. The van der Waals surface area contributed by atoms with Gasteiger partial charge in [0.25, 0.3) is 0 Å². The molecule has 1 aromatic rings. The van der Waals surface area contributed by atoms with Crippen LogP contribution in [0.15, 0.2) is 30.3 Å². The van der Waals surface area contributed by atoms with E-state index in [2.05, 4.69) is 27.7 Å². The maximum absolute atomic E-state index is 10.2. The molecule has 0 atom stereocenters. The van der Waals surface area contributed by atoms with E-state index in [9.17, 15) is 5.41 Å². The van der Waals surface area contributed by atoms with Gasteiger partial charge in [-0.15, -0.1) is 0 Å². The van der Waals surface area contributed by atoms with Gasteiger partial charge in [-0.2, -0.15) is 0 Å². The topological polar surface area (TPSA) is 25.5 Å². The molecule has 0 radical (unpaired) electrons. The fourth-order valence-electron chi connectivity index (χ4n) is 1.82. The molecule has 0 aliphatic rings. The number of hydrogen-bond donors (Lipinski definition) is 0. The third-order valence-corrected chi connectivity index (χ3v) is 2.39. The van der Waals surface area contributed by atoms with Gasteiger partial charge in [-0.05, 0) is 17.6 Å². The second kappa shape index (κ2) is 6.78. The van der Waals surface area contributed by atoms with E-state index in [-0.39, 0.29) is 18.9 Å². The van der Waals surface area contributed by atoms with Crippen LogP contribution in [0.2, 0.25) is 0 Å². The quantitative estimate of drug-likeness (QED) is 0.395. The summed E-state index contributed by atoms with van der Waals surface area (Å²) in [5, 5.41) is 10.2. The predicted molar refractivity (Wildman–Crippen MR) is 66.0 cm³/mol. The Balaban J connectivity index is 0.00000225. The summed E-state index contributed by atoms with van der Waals surface area (Å²) in [6.07, 6.45) is 0. The third kappa shape index (κ3) is 3.70. The predicted octanol–water partition coefficient (Wildman–Crippen LogP) is 0.125. The molecule has 0 N–H and O–H groups in total. The SMILES string of the molecule is CC(C)N(C(=[N-])c1ccccc1)C(C)C.[Li+]. The van der Waals surface area contributed by atoms with Crippen LogP contribution in [0.4, 0.5) is 0 Å². The number of amidine groups is 1. The van der Waals surface area contributed by atoms with Crippen LogP contribution >= 0.6 is 0 Å². The molecule has 82 valence electrons. The van der Waals surface area contributed by atoms with Crippen molar-refractivity contribution in [3.05, 3.63) is 41.3 Å². The Labute approximate surface area is 111 Å². The standard InChI is InChI=1S/C13H19N2.Li/c1-10(2)15(11(3)4)13(14)12-8-6-5-7-9-12;/h5-11H,1-4H3;/q-1;+1. The molecular formula is C13H19LiN2. The summed E-state index contributed by atoms with van der Waals surface area (Å²) in [7, 11) is 0. The Hall–Kier alpha value is -0.713. The summed E-state index contributed by atoms with van der Waals surface area (Å²) in [6.45, 7) is 8.33. The normalized spacial score (nSPS) is 10.1. The summed E-state index contributed by atoms with van der Waals surface area (Å²) < 4.78 is 0. The largest absolute Gasteiger partial charge is 1.00 e. The Morgan fingerprint density at radius 3 is 1.81 bits per heavy atom. The van der Waals surface area contributed by atoms with Gasteiger partial charge in [0.2, 0.25) is 0 Å². The van der Waals surface area contributed by atoms with Crippen molar-refractivity contribution < 1.29 is 18.9 Å². The van der Waals surface area contributed by atoms with E-state index in [1.165, 1.54) is 0 Å². The van der Waals surface area contributed by atoms with Crippen molar-refractivity contribution in [1.29, 1.82) is 0 Å². The molecule has 1 rings (SSSR count). The van der Waals surface area contributed by atoms with E-state index in [1.807, 2.05) is 35.2 Å². The van der Waals surface area contributed by atoms with E-state index in [0.717, 1.165) is 5.56 Å². The number of benzene rings is 1. The van der Waals surface area contributed by atoms with Gasteiger partial charge in [-0.3, -0.25) is 0 Å². The smallest absolute Gasteiger partial charge is 0.464 e. The third-order valence-electron chi connectivity index (χ3n) is 2.39. The average Bonchev–Trinajstić information content (AvgIpc) is 2.18. The zero-order chi connectivity index (χ0) is 11.4. The van der Waals surface area contributed by atoms with Crippen molar-refractivity contribution in [3.8, 4) is 0 Å². The summed E-state index contributed by atoms with van der Waals surface area (Å²) in [6, 6.07) is 10.3. The van der Waals surface area contributed by atoms with Crippen molar-refractivity contribution in [2.75, 3.05) is 0 Å². The van der Waals surface area contributed by atoms with Crippen LogP contribution < -0.4 is 18.9 Å². The fraction of sp³-hybridized carbons (Fsp3) is 0.462. The van der Waals surface area contributed by atoms with Crippen molar-refractivity contribution >= 4 is 5.84 Å². The summed E-state index contributed by atoms with van der Waals surface area (Å²) in [5.74, 6) is 0.362. The van der Waals surface area contributed by atoms with Crippen molar-refractivity contribution in [2.45, 2.75) is 39.8 Å². The first-order chi connectivity index (χ1) is 7.04. The molecule has 0 heterocycles. The van der Waals surface area contributed by atoms with Gasteiger partial charge in [-0.25, -0.2) is 0 Å². The molecule has 0 saturated heterocycles. The van der Waals surface area contributed by atoms with E-state index in [1.54, 1.807) is 0 Å². The van der Waals surface area contributed by atoms with Crippen molar-refractivity contribution in [2.24, 2.45) is 0 Å². The first-order valence-electron chi connectivity index (χ1n) is 5.43. The molecule has 0 saturated carbocycles. The molecule has 3 heteroatoms. The van der Waals surface area contributed by atoms with Gasteiger partial charge in [0.15, 0.2) is 0 Å². The molecule has 0 fully saturated rings. The maximum Gasteiger partial charge on any atom is 1.00 e. The van der Waals surface area contributed by atoms with Crippen molar-refractivity contribution in [3.63, 3.8) is 0 Å². The molecule has 2 nitrogen and oxygen atoms in total. The van der Waals surface area contributed by atoms with Crippen molar-refractivity contribution in [1.82, 2.24) is 4.90 Å². The molecule has 0 bridgehead atoms. The zero-order valence-corrected chi connectivity index (χ0v) is 10.9. The first-order valence-corrected chi connectivity index (χ1v) is 5.43. The molecule has 0 amide bonds. The Morgan fingerprint density at radius 2 is 1.44 bits per heavy atom. The monoisotopic (exact) mass is 210 g/mol. The van der Waals surface area contributed by atoms with E-state index < -0.39 is 0 Å². The minimum atomic E-state index is 0.